The molecule has 0 unspecified atom stereocenters. The molecule has 29 heavy (non-hydrogen) atoms. The number of rotatable bonds is 6. The van der Waals surface area contributed by atoms with Crippen LogP contribution in [0.5, 0.6) is 11.6 Å². The van der Waals surface area contributed by atoms with Crippen molar-refractivity contribution >= 4 is 23.4 Å². The number of amides is 1. The van der Waals surface area contributed by atoms with Crippen LogP contribution in [0.15, 0.2) is 42.7 Å². The topological polar surface area (TPSA) is 115 Å². The van der Waals surface area contributed by atoms with E-state index in [0.717, 1.165) is 16.9 Å². The van der Waals surface area contributed by atoms with Gasteiger partial charge in [0.2, 0.25) is 11.8 Å². The smallest absolute Gasteiger partial charge is 0.254 e. The van der Waals surface area contributed by atoms with Gasteiger partial charge in [-0.05, 0) is 17.7 Å². The normalized spacial score (nSPS) is 12.4. The highest BCUT2D eigenvalue weighted by Gasteiger charge is 2.27. The number of methoxy groups -OCH3 is 2. The lowest BCUT2D eigenvalue weighted by Gasteiger charge is -2.19. The first-order chi connectivity index (χ1) is 14.1. The van der Waals surface area contributed by atoms with E-state index in [1.165, 1.54) is 6.20 Å². The van der Waals surface area contributed by atoms with E-state index >= 15 is 0 Å². The number of nitrogens with one attached hydrogen (secondary N) is 1. The molecule has 3 N–H and O–H groups in total. The van der Waals surface area contributed by atoms with Gasteiger partial charge in [0, 0.05) is 30.9 Å². The quantitative estimate of drug-likeness (QED) is 0.656. The van der Waals surface area contributed by atoms with Gasteiger partial charge in [-0.3, -0.25) is 4.79 Å². The lowest BCUT2D eigenvalue weighted by atomic mass is 10.1. The first-order valence-electron chi connectivity index (χ1n) is 8.92. The SMILES string of the molecule is COc1ccc(Nc2ncc(C(N)=O)c(N3Cc4cccc(OC)c4C3)n2)cn1. The fourth-order valence-electron chi connectivity index (χ4n) is 3.28. The number of ether oxygens (including phenoxy) is 2. The van der Waals surface area contributed by atoms with Crippen LogP contribution in [-0.4, -0.2) is 35.1 Å². The summed E-state index contributed by atoms with van der Waals surface area (Å²) in [5, 5.41) is 3.09. The molecule has 3 aromatic rings. The Morgan fingerprint density at radius 3 is 2.66 bits per heavy atom. The number of hydrogen-bond donors (Lipinski definition) is 2. The average Bonchev–Trinajstić information content (AvgIpc) is 3.18. The minimum absolute atomic E-state index is 0.259. The molecule has 1 aromatic carbocycles. The van der Waals surface area contributed by atoms with E-state index in [-0.39, 0.29) is 5.56 Å². The molecule has 0 saturated heterocycles. The van der Waals surface area contributed by atoms with E-state index in [2.05, 4.69) is 20.3 Å². The molecule has 1 amide bonds. The first-order valence-corrected chi connectivity index (χ1v) is 8.92. The molecule has 0 atom stereocenters. The zero-order chi connectivity index (χ0) is 20.4. The summed E-state index contributed by atoms with van der Waals surface area (Å²) in [4.78, 5) is 26.9. The van der Waals surface area contributed by atoms with Gasteiger partial charge in [0.25, 0.3) is 5.91 Å². The minimum atomic E-state index is -0.583. The maximum Gasteiger partial charge on any atom is 0.254 e. The van der Waals surface area contributed by atoms with Crippen molar-refractivity contribution in [3.8, 4) is 11.6 Å². The molecule has 2 aromatic heterocycles. The molecule has 0 fully saturated rings. The molecule has 9 nitrogen and oxygen atoms in total. The summed E-state index contributed by atoms with van der Waals surface area (Å²) >= 11 is 0. The molecule has 0 bridgehead atoms. The molecular formula is C20H20N6O3. The van der Waals surface area contributed by atoms with Crippen LogP contribution < -0.4 is 25.4 Å². The second-order valence-electron chi connectivity index (χ2n) is 6.46. The van der Waals surface area contributed by atoms with Crippen LogP contribution in [0.2, 0.25) is 0 Å². The number of aromatic nitrogens is 3. The van der Waals surface area contributed by atoms with Gasteiger partial charge >= 0.3 is 0 Å². The predicted octanol–water partition coefficient (Wildman–Crippen LogP) is 2.25. The second kappa shape index (κ2) is 7.63. The third-order valence-electron chi connectivity index (χ3n) is 4.70. The Bertz CT molecular complexity index is 1050. The van der Waals surface area contributed by atoms with Gasteiger partial charge in [0.05, 0.1) is 26.1 Å². The third kappa shape index (κ3) is 3.62. The number of hydrogen-bond acceptors (Lipinski definition) is 8. The summed E-state index contributed by atoms with van der Waals surface area (Å²) < 4.78 is 10.5. The summed E-state index contributed by atoms with van der Waals surface area (Å²) in [5.74, 6) is 1.53. The maximum absolute atomic E-state index is 12.0. The van der Waals surface area contributed by atoms with Crippen molar-refractivity contribution < 1.29 is 14.3 Å². The van der Waals surface area contributed by atoms with Crippen molar-refractivity contribution in [1.82, 2.24) is 15.0 Å². The van der Waals surface area contributed by atoms with Crippen molar-refractivity contribution in [2.24, 2.45) is 5.73 Å². The van der Waals surface area contributed by atoms with Gasteiger partial charge in [-0.25, -0.2) is 9.97 Å². The summed E-state index contributed by atoms with van der Waals surface area (Å²) in [5.41, 5.74) is 8.70. The molecule has 0 spiro atoms. The number of fused-ring (bicyclic) bond motifs is 1. The van der Waals surface area contributed by atoms with E-state index in [4.69, 9.17) is 15.2 Å². The Morgan fingerprint density at radius 2 is 1.97 bits per heavy atom. The lowest BCUT2D eigenvalue weighted by Crippen LogP contribution is -2.23. The van der Waals surface area contributed by atoms with Crippen molar-refractivity contribution in [2.75, 3.05) is 24.4 Å². The van der Waals surface area contributed by atoms with Gasteiger partial charge in [0.15, 0.2) is 0 Å². The van der Waals surface area contributed by atoms with Crippen LogP contribution in [0.4, 0.5) is 17.5 Å². The standard InChI is InChI=1S/C20H20N6O3/c1-28-16-5-3-4-12-10-26(11-15(12)16)19-14(18(21)27)9-23-20(25-19)24-13-6-7-17(29-2)22-8-13/h3-9H,10-11H2,1-2H3,(H2,21,27)(H,23,24,25). The number of benzene rings is 1. The summed E-state index contributed by atoms with van der Waals surface area (Å²) in [6.45, 7) is 1.15. The number of nitrogens with two attached hydrogens (primary N) is 1. The number of pyridine rings is 1. The largest absolute Gasteiger partial charge is 0.496 e. The van der Waals surface area contributed by atoms with E-state index < -0.39 is 5.91 Å². The Labute approximate surface area is 167 Å². The summed E-state index contributed by atoms with van der Waals surface area (Å²) in [6, 6.07) is 9.42. The molecule has 3 heterocycles. The van der Waals surface area contributed by atoms with Gasteiger partial charge in [-0.15, -0.1) is 0 Å². The van der Waals surface area contributed by atoms with Crippen molar-refractivity contribution in [1.29, 1.82) is 0 Å². The molecule has 0 radical (unpaired) electrons. The van der Waals surface area contributed by atoms with Crippen molar-refractivity contribution in [3.63, 3.8) is 0 Å². The number of primary amides is 1. The van der Waals surface area contributed by atoms with E-state index in [1.54, 1.807) is 32.5 Å². The van der Waals surface area contributed by atoms with Crippen LogP contribution in [0, 0.1) is 0 Å². The highest BCUT2D eigenvalue weighted by molar-refractivity contribution is 5.97. The Kier molecular flexibility index (Phi) is 4.86. The van der Waals surface area contributed by atoms with E-state index in [9.17, 15) is 4.79 Å². The van der Waals surface area contributed by atoms with Crippen molar-refractivity contribution in [3.05, 3.63) is 59.4 Å². The molecule has 9 heteroatoms. The van der Waals surface area contributed by atoms with Crippen molar-refractivity contribution in [2.45, 2.75) is 13.1 Å². The van der Waals surface area contributed by atoms with Gasteiger partial charge in [0.1, 0.15) is 17.1 Å². The van der Waals surface area contributed by atoms with E-state index in [1.807, 2.05) is 23.1 Å². The van der Waals surface area contributed by atoms with Gasteiger partial charge in [-0.1, -0.05) is 12.1 Å². The number of nitrogens with zero attached hydrogens (tertiary/aromatic N) is 4. The minimum Gasteiger partial charge on any atom is -0.496 e. The Balaban J connectivity index is 1.65. The second-order valence-corrected chi connectivity index (χ2v) is 6.46. The van der Waals surface area contributed by atoms with Crippen LogP contribution in [0.3, 0.4) is 0 Å². The van der Waals surface area contributed by atoms with Gasteiger partial charge in [-0.2, -0.15) is 4.98 Å². The van der Waals surface area contributed by atoms with Gasteiger partial charge < -0.3 is 25.4 Å². The zero-order valence-electron chi connectivity index (χ0n) is 16.0. The van der Waals surface area contributed by atoms with Crippen LogP contribution in [0.1, 0.15) is 21.5 Å². The molecule has 0 saturated carbocycles. The molecule has 148 valence electrons. The molecule has 1 aliphatic heterocycles. The number of carbonyl (C=O) groups is 1. The molecular weight excluding hydrogens is 372 g/mol. The fourth-order valence-corrected chi connectivity index (χ4v) is 3.28. The zero-order valence-corrected chi connectivity index (χ0v) is 16.0. The maximum atomic E-state index is 12.0. The first kappa shape index (κ1) is 18.5. The summed E-state index contributed by atoms with van der Waals surface area (Å²) in [6.07, 6.45) is 3.05. The Hall–Kier alpha value is -3.88. The fraction of sp³-hybridized carbons (Fsp3) is 0.200. The average molecular weight is 392 g/mol. The lowest BCUT2D eigenvalue weighted by molar-refractivity contribution is 0.1000. The van der Waals surface area contributed by atoms with E-state index in [0.29, 0.717) is 36.4 Å². The van der Waals surface area contributed by atoms with Crippen LogP contribution in [0.25, 0.3) is 0 Å². The highest BCUT2D eigenvalue weighted by Crippen LogP contribution is 2.34. The number of anilines is 3. The highest BCUT2D eigenvalue weighted by atomic mass is 16.5. The van der Waals surface area contributed by atoms with Crippen LogP contribution >= 0.6 is 0 Å². The molecule has 0 aliphatic carbocycles. The molecule has 1 aliphatic rings. The number of carbonyl (C=O) groups excluding carboxylic acids is 1. The summed E-state index contributed by atoms with van der Waals surface area (Å²) in [7, 11) is 3.19. The monoisotopic (exact) mass is 392 g/mol. The Morgan fingerprint density at radius 1 is 1.10 bits per heavy atom. The van der Waals surface area contributed by atoms with Crippen LogP contribution in [-0.2, 0) is 13.1 Å². The predicted molar refractivity (Wildman–Crippen MR) is 108 cm³/mol. The molecule has 4 rings (SSSR count). The third-order valence-corrected chi connectivity index (χ3v) is 4.70.